The summed E-state index contributed by atoms with van der Waals surface area (Å²) in [6.07, 6.45) is 1.83. The van der Waals surface area contributed by atoms with Crippen molar-refractivity contribution < 1.29 is 30.6 Å². The van der Waals surface area contributed by atoms with Crippen LogP contribution in [0.5, 0.6) is 5.75 Å². The van der Waals surface area contributed by atoms with Gasteiger partial charge in [0.1, 0.15) is 5.75 Å². The Balaban J connectivity index is 2.33. The molecule has 0 aliphatic carbocycles. The molecule has 0 unspecified atom stereocenters. The number of fused-ring (bicyclic) bond motifs is 1. The van der Waals surface area contributed by atoms with Gasteiger partial charge in [-0.1, -0.05) is 37.3 Å². The Hall–Kier alpha value is -1.82. The van der Waals surface area contributed by atoms with E-state index in [9.17, 15) is 26.4 Å². The summed E-state index contributed by atoms with van der Waals surface area (Å²) < 4.78 is 68.6. The Bertz CT molecular complexity index is 1380. The maximum Gasteiger partial charge on any atom is 0.534 e. The number of aryl methyl sites for hydroxylation is 3. The molecule has 0 spiro atoms. The number of carbonyl (C=O) groups excluding carboxylic acids is 1. The van der Waals surface area contributed by atoms with Crippen molar-refractivity contribution in [3.63, 3.8) is 0 Å². The number of hydrogen-bond acceptors (Lipinski definition) is 6. The minimum atomic E-state index is -5.83. The van der Waals surface area contributed by atoms with Crippen LogP contribution in [0.4, 0.5) is 13.2 Å². The van der Waals surface area contributed by atoms with Crippen molar-refractivity contribution in [2.24, 2.45) is 0 Å². The molecule has 4 nitrogen and oxygen atoms in total. The Labute approximate surface area is 206 Å². The lowest BCUT2D eigenvalue weighted by molar-refractivity contribution is -0.0499. The van der Waals surface area contributed by atoms with Crippen molar-refractivity contribution in [2.45, 2.75) is 50.1 Å². The van der Waals surface area contributed by atoms with Gasteiger partial charge >= 0.3 is 15.6 Å². The molecule has 3 aromatic rings. The summed E-state index contributed by atoms with van der Waals surface area (Å²) in [5.41, 5.74) is -1.74. The average Bonchev–Trinajstić information content (AvgIpc) is 3.02. The molecule has 0 aliphatic heterocycles. The first-order chi connectivity index (χ1) is 15.5. The second kappa shape index (κ2) is 9.00. The van der Waals surface area contributed by atoms with Crippen LogP contribution in [0.25, 0.3) is 10.1 Å². The Morgan fingerprint density at radius 3 is 2.06 bits per heavy atom. The van der Waals surface area contributed by atoms with E-state index in [4.69, 9.17) is 0 Å². The molecule has 0 amide bonds. The molecule has 1 heterocycles. The van der Waals surface area contributed by atoms with E-state index in [0.29, 0.717) is 26.4 Å². The summed E-state index contributed by atoms with van der Waals surface area (Å²) in [6, 6.07) is 6.61. The van der Waals surface area contributed by atoms with E-state index < -0.39 is 23.7 Å². The van der Waals surface area contributed by atoms with Crippen molar-refractivity contribution in [1.29, 1.82) is 0 Å². The number of thiophene rings is 1. The number of ketones is 1. The van der Waals surface area contributed by atoms with Crippen molar-refractivity contribution in [3.05, 3.63) is 52.1 Å². The molecular formula is C23H25F3O4S3Si. The van der Waals surface area contributed by atoms with Gasteiger partial charge < -0.3 is 4.18 Å². The Morgan fingerprint density at radius 1 is 1.03 bits per heavy atom. The van der Waals surface area contributed by atoms with Crippen molar-refractivity contribution in [2.75, 3.05) is 6.26 Å². The van der Waals surface area contributed by atoms with Gasteiger partial charge in [0.25, 0.3) is 0 Å². The van der Waals surface area contributed by atoms with Gasteiger partial charge in [0.15, 0.2) is 5.78 Å². The van der Waals surface area contributed by atoms with Gasteiger partial charge in [-0.25, -0.2) is 0 Å². The minimum Gasteiger partial charge on any atom is -0.376 e. The van der Waals surface area contributed by atoms with Gasteiger partial charge in [-0.05, 0) is 50.3 Å². The molecule has 0 saturated heterocycles. The quantitative estimate of drug-likeness (QED) is 0.115. The highest BCUT2D eigenvalue weighted by molar-refractivity contribution is 8.00. The third kappa shape index (κ3) is 4.80. The molecule has 0 radical (unpaired) electrons. The molecular weight excluding hydrogens is 522 g/mol. The normalized spacial score (nSPS) is 12.9. The number of alkyl halides is 3. The SMILES string of the molecule is CSc1sc2c([Si](C)(C)C)c(OS(=O)(=O)C(F)(F)F)ccc2c1C(=O)c1c(C)cc(C)cc1C. The van der Waals surface area contributed by atoms with Crippen molar-refractivity contribution >= 4 is 62.3 Å². The molecule has 34 heavy (non-hydrogen) atoms. The number of thioether (sulfide) groups is 1. The largest absolute Gasteiger partial charge is 0.534 e. The summed E-state index contributed by atoms with van der Waals surface area (Å²) >= 11 is 2.66. The fourth-order valence-corrected chi connectivity index (χ4v) is 9.36. The molecule has 0 atom stereocenters. The van der Waals surface area contributed by atoms with Crippen LogP contribution in [0.2, 0.25) is 19.6 Å². The molecule has 0 fully saturated rings. The van der Waals surface area contributed by atoms with Gasteiger partial charge in [0.2, 0.25) is 0 Å². The Kier molecular flexibility index (Phi) is 7.08. The number of hydrogen-bond donors (Lipinski definition) is 0. The van der Waals surface area contributed by atoms with Crippen LogP contribution in [0.1, 0.15) is 32.6 Å². The zero-order valence-corrected chi connectivity index (χ0v) is 23.3. The van der Waals surface area contributed by atoms with Crippen molar-refractivity contribution in [3.8, 4) is 5.75 Å². The predicted molar refractivity (Wildman–Crippen MR) is 136 cm³/mol. The fourth-order valence-electron chi connectivity index (χ4n) is 4.09. The summed E-state index contributed by atoms with van der Waals surface area (Å²) in [5, 5.41) is 1.03. The third-order valence-corrected chi connectivity index (χ3v) is 10.8. The van der Waals surface area contributed by atoms with Gasteiger partial charge in [-0.15, -0.1) is 23.1 Å². The molecule has 184 valence electrons. The zero-order valence-electron chi connectivity index (χ0n) is 19.8. The van der Waals surface area contributed by atoms with Gasteiger partial charge in [-0.2, -0.15) is 21.6 Å². The van der Waals surface area contributed by atoms with Gasteiger partial charge in [-0.3, -0.25) is 4.79 Å². The van der Waals surface area contributed by atoms with E-state index in [0.717, 1.165) is 20.9 Å². The maximum atomic E-state index is 13.8. The van der Waals surface area contributed by atoms with Gasteiger partial charge in [0, 0.05) is 20.8 Å². The molecule has 11 heteroatoms. The minimum absolute atomic E-state index is 0.163. The molecule has 2 aromatic carbocycles. The Morgan fingerprint density at radius 2 is 1.59 bits per heavy atom. The first kappa shape index (κ1) is 26.8. The molecule has 0 saturated carbocycles. The van der Waals surface area contributed by atoms with E-state index in [1.165, 1.54) is 35.2 Å². The second-order valence-electron chi connectivity index (χ2n) is 9.12. The first-order valence-electron chi connectivity index (χ1n) is 10.3. The standard InChI is InChI=1S/C23H25F3O4S3Si/c1-12-10-13(2)17(14(3)11-12)19(27)18-15-8-9-16(30-33(28,29)23(24,25)26)21(34(5,6)7)20(15)32-22(18)31-4/h8-11H,1-7H3. The van der Waals surface area contributed by atoms with Gasteiger partial charge in [0.05, 0.1) is 17.8 Å². The van der Waals surface area contributed by atoms with E-state index in [1.54, 1.807) is 0 Å². The maximum absolute atomic E-state index is 13.8. The van der Waals surface area contributed by atoms with Crippen LogP contribution < -0.4 is 9.37 Å². The third-order valence-electron chi connectivity index (χ3n) is 5.34. The number of rotatable bonds is 6. The lowest BCUT2D eigenvalue weighted by Crippen LogP contribution is -2.40. The highest BCUT2D eigenvalue weighted by Crippen LogP contribution is 2.41. The van der Waals surface area contributed by atoms with Crippen LogP contribution in [0, 0.1) is 20.8 Å². The monoisotopic (exact) mass is 546 g/mol. The van der Waals surface area contributed by atoms with E-state index in [-0.39, 0.29) is 11.5 Å². The molecule has 0 N–H and O–H groups in total. The topological polar surface area (TPSA) is 60.4 Å². The highest BCUT2D eigenvalue weighted by atomic mass is 32.2. The van der Waals surface area contributed by atoms with Crippen LogP contribution in [-0.4, -0.2) is 34.0 Å². The summed E-state index contributed by atoms with van der Waals surface area (Å²) in [7, 11) is -8.26. The van der Waals surface area contributed by atoms with E-state index in [2.05, 4.69) is 4.18 Å². The fraction of sp³-hybridized carbons (Fsp3) is 0.348. The molecule has 1 aromatic heterocycles. The second-order valence-corrected chi connectivity index (χ2v) is 17.8. The smallest absolute Gasteiger partial charge is 0.376 e. The average molecular weight is 547 g/mol. The number of carbonyl (C=O) groups is 1. The van der Waals surface area contributed by atoms with E-state index in [1.807, 2.05) is 58.8 Å². The van der Waals surface area contributed by atoms with Crippen LogP contribution in [0.15, 0.2) is 28.5 Å². The zero-order chi connectivity index (χ0) is 25.8. The van der Waals surface area contributed by atoms with Crippen LogP contribution in [0.3, 0.4) is 0 Å². The number of benzene rings is 2. The summed E-state index contributed by atoms with van der Waals surface area (Å²) in [5.74, 6) is -0.497. The summed E-state index contributed by atoms with van der Waals surface area (Å²) in [6.45, 7) is 11.4. The van der Waals surface area contributed by atoms with E-state index >= 15 is 0 Å². The van der Waals surface area contributed by atoms with Crippen LogP contribution in [-0.2, 0) is 10.1 Å². The predicted octanol–water partition coefficient (Wildman–Crippen LogP) is 6.55. The highest BCUT2D eigenvalue weighted by Gasteiger charge is 2.49. The molecule has 0 aliphatic rings. The molecule has 3 rings (SSSR count). The lowest BCUT2D eigenvalue weighted by Gasteiger charge is -2.22. The molecule has 0 bridgehead atoms. The van der Waals surface area contributed by atoms with Crippen molar-refractivity contribution in [1.82, 2.24) is 0 Å². The number of halogens is 3. The van der Waals surface area contributed by atoms with Crippen LogP contribution >= 0.6 is 23.1 Å². The lowest BCUT2D eigenvalue weighted by atomic mass is 9.93. The summed E-state index contributed by atoms with van der Waals surface area (Å²) in [4.78, 5) is 13.8. The first-order valence-corrected chi connectivity index (χ1v) is 17.2.